The molecule has 0 atom stereocenters. The molecule has 1 aromatic rings. The molecule has 19 heavy (non-hydrogen) atoms. The minimum Gasteiger partial charge on any atom is -0.461 e. The van der Waals surface area contributed by atoms with E-state index in [1.165, 1.54) is 11.3 Å². The Kier molecular flexibility index (Phi) is 4.73. The number of aromatic nitrogens is 1. The van der Waals surface area contributed by atoms with Crippen molar-refractivity contribution < 1.29 is 14.3 Å². The number of carbonyl (C=O) groups excluding carboxylic acids is 2. The molecule has 0 spiro atoms. The molecule has 0 aliphatic heterocycles. The van der Waals surface area contributed by atoms with Gasteiger partial charge in [-0.25, -0.2) is 9.78 Å². The van der Waals surface area contributed by atoms with E-state index in [4.69, 9.17) is 4.74 Å². The Hall–Kier alpha value is -1.63. The predicted molar refractivity (Wildman–Crippen MR) is 72.3 cm³/mol. The third-order valence-electron chi connectivity index (χ3n) is 2.62. The Morgan fingerprint density at radius 3 is 3.00 bits per heavy atom. The monoisotopic (exact) mass is 283 g/mol. The normalized spacial score (nSPS) is 13.9. The number of hydrogen-bond donors (Lipinski definition) is 2. The zero-order valence-electron chi connectivity index (χ0n) is 10.8. The third-order valence-corrected chi connectivity index (χ3v) is 3.40. The Morgan fingerprint density at radius 2 is 2.32 bits per heavy atom. The largest absolute Gasteiger partial charge is 0.461 e. The summed E-state index contributed by atoms with van der Waals surface area (Å²) in [5.41, 5.74) is 1.87. The molecule has 1 aromatic heterocycles. The van der Waals surface area contributed by atoms with E-state index in [1.807, 2.05) is 0 Å². The van der Waals surface area contributed by atoms with Crippen LogP contribution in [-0.2, 0) is 9.53 Å². The summed E-state index contributed by atoms with van der Waals surface area (Å²) in [5.74, 6) is -0.397. The van der Waals surface area contributed by atoms with Gasteiger partial charge in [0.15, 0.2) is 5.69 Å². The number of hydrogen-bond acceptors (Lipinski definition) is 6. The van der Waals surface area contributed by atoms with Crippen LogP contribution in [0.25, 0.3) is 0 Å². The maximum atomic E-state index is 11.6. The molecule has 2 N–H and O–H groups in total. The molecule has 1 aliphatic rings. The van der Waals surface area contributed by atoms with Crippen LogP contribution in [-0.4, -0.2) is 36.1 Å². The van der Waals surface area contributed by atoms with E-state index >= 15 is 0 Å². The maximum absolute atomic E-state index is 11.6. The molecule has 6 nitrogen and oxygen atoms in total. The number of ether oxygens (including phenoxy) is 1. The summed E-state index contributed by atoms with van der Waals surface area (Å²) in [5, 5.41) is 6.61. The highest BCUT2D eigenvalue weighted by Gasteiger charge is 2.23. The Balaban J connectivity index is 1.77. The van der Waals surface area contributed by atoms with Gasteiger partial charge in [0.25, 0.3) is 0 Å². The molecule has 1 saturated carbocycles. The van der Waals surface area contributed by atoms with Crippen molar-refractivity contribution in [1.29, 1.82) is 0 Å². The number of amides is 1. The van der Waals surface area contributed by atoms with E-state index in [1.54, 1.807) is 12.4 Å². The van der Waals surface area contributed by atoms with Crippen LogP contribution >= 0.6 is 11.3 Å². The van der Waals surface area contributed by atoms with E-state index < -0.39 is 5.97 Å². The van der Waals surface area contributed by atoms with Gasteiger partial charge in [-0.15, -0.1) is 11.3 Å². The molecule has 7 heteroatoms. The Morgan fingerprint density at radius 1 is 1.53 bits per heavy atom. The van der Waals surface area contributed by atoms with Gasteiger partial charge >= 0.3 is 5.97 Å². The first-order valence-corrected chi connectivity index (χ1v) is 7.22. The zero-order valence-corrected chi connectivity index (χ0v) is 11.6. The fourth-order valence-electron chi connectivity index (χ4n) is 1.53. The van der Waals surface area contributed by atoms with Crippen LogP contribution in [0.5, 0.6) is 0 Å². The van der Waals surface area contributed by atoms with Crippen molar-refractivity contribution in [2.24, 2.45) is 0 Å². The summed E-state index contributed by atoms with van der Waals surface area (Å²) in [6, 6.07) is 0.381. The highest BCUT2D eigenvalue weighted by Crippen LogP contribution is 2.21. The molecule has 1 fully saturated rings. The number of anilines is 1. The lowest BCUT2D eigenvalue weighted by Gasteiger charge is -2.06. The minimum absolute atomic E-state index is 0.0391. The third kappa shape index (κ3) is 4.20. The molecule has 0 radical (unpaired) electrons. The average Bonchev–Trinajstić information content (AvgIpc) is 3.05. The topological polar surface area (TPSA) is 80.3 Å². The van der Waals surface area contributed by atoms with Crippen molar-refractivity contribution in [2.45, 2.75) is 32.2 Å². The number of carbonyl (C=O) groups is 2. The Labute approximate surface area is 115 Å². The molecule has 2 rings (SSSR count). The van der Waals surface area contributed by atoms with Crippen molar-refractivity contribution in [3.8, 4) is 0 Å². The van der Waals surface area contributed by atoms with E-state index in [0.29, 0.717) is 30.6 Å². The fourth-order valence-corrected chi connectivity index (χ4v) is 2.23. The fraction of sp³-hybridized carbons (Fsp3) is 0.583. The van der Waals surface area contributed by atoms with Gasteiger partial charge in [-0.1, -0.05) is 0 Å². The molecule has 1 amide bonds. The van der Waals surface area contributed by atoms with Crippen molar-refractivity contribution in [2.75, 3.05) is 18.5 Å². The SMILES string of the molecule is CCOC(=O)c1ncsc1NCCC(=O)NC1CC1. The molecule has 1 heterocycles. The van der Waals surface area contributed by atoms with Crippen LogP contribution in [0.3, 0.4) is 0 Å². The van der Waals surface area contributed by atoms with E-state index in [9.17, 15) is 9.59 Å². The van der Waals surface area contributed by atoms with Gasteiger partial charge in [-0.2, -0.15) is 0 Å². The summed E-state index contributed by atoms with van der Waals surface area (Å²) in [7, 11) is 0. The number of thiazole rings is 1. The van der Waals surface area contributed by atoms with Crippen LogP contribution in [0.1, 0.15) is 36.7 Å². The van der Waals surface area contributed by atoms with Crippen molar-refractivity contribution >= 4 is 28.2 Å². The minimum atomic E-state index is -0.436. The van der Waals surface area contributed by atoms with Gasteiger partial charge < -0.3 is 15.4 Å². The van der Waals surface area contributed by atoms with Crippen LogP contribution in [0.15, 0.2) is 5.51 Å². The lowest BCUT2D eigenvalue weighted by molar-refractivity contribution is -0.120. The smallest absolute Gasteiger partial charge is 0.360 e. The molecule has 0 unspecified atom stereocenters. The van der Waals surface area contributed by atoms with E-state index in [0.717, 1.165) is 12.8 Å². The second-order valence-corrected chi connectivity index (χ2v) is 5.12. The first kappa shape index (κ1) is 13.8. The molecule has 0 bridgehead atoms. The van der Waals surface area contributed by atoms with Gasteiger partial charge in [0.05, 0.1) is 12.1 Å². The van der Waals surface area contributed by atoms with Crippen molar-refractivity contribution in [3.63, 3.8) is 0 Å². The second kappa shape index (κ2) is 6.51. The van der Waals surface area contributed by atoms with Crippen molar-refractivity contribution in [1.82, 2.24) is 10.3 Å². The molecular formula is C12H17N3O3S. The van der Waals surface area contributed by atoms with Crippen LogP contribution in [0.2, 0.25) is 0 Å². The quantitative estimate of drug-likeness (QED) is 0.739. The standard InChI is InChI=1S/C12H17N3O3S/c1-2-18-12(17)10-11(19-7-14-10)13-6-5-9(16)15-8-3-4-8/h7-8,13H,2-6H2,1H3,(H,15,16). The maximum Gasteiger partial charge on any atom is 0.360 e. The van der Waals surface area contributed by atoms with Gasteiger partial charge in [0.2, 0.25) is 5.91 Å². The number of nitrogens with zero attached hydrogens (tertiary/aromatic N) is 1. The van der Waals surface area contributed by atoms with Crippen LogP contribution < -0.4 is 10.6 Å². The summed E-state index contributed by atoms with van der Waals surface area (Å²) in [6.07, 6.45) is 2.55. The first-order chi connectivity index (χ1) is 9.20. The van der Waals surface area contributed by atoms with Crippen molar-refractivity contribution in [3.05, 3.63) is 11.2 Å². The van der Waals surface area contributed by atoms with E-state index in [-0.39, 0.29) is 11.6 Å². The predicted octanol–water partition coefficient (Wildman–Crippen LogP) is 1.40. The summed E-state index contributed by atoms with van der Waals surface area (Å²) in [4.78, 5) is 27.0. The van der Waals surface area contributed by atoms with Crippen LogP contribution in [0.4, 0.5) is 5.00 Å². The van der Waals surface area contributed by atoms with Gasteiger partial charge in [-0.05, 0) is 19.8 Å². The molecule has 104 valence electrons. The zero-order chi connectivity index (χ0) is 13.7. The van der Waals surface area contributed by atoms with E-state index in [2.05, 4.69) is 15.6 Å². The second-order valence-electron chi connectivity index (χ2n) is 4.27. The summed E-state index contributed by atoms with van der Waals surface area (Å²) < 4.78 is 4.90. The first-order valence-electron chi connectivity index (χ1n) is 6.34. The summed E-state index contributed by atoms with van der Waals surface area (Å²) in [6.45, 7) is 2.55. The molecular weight excluding hydrogens is 266 g/mol. The molecule has 1 aliphatic carbocycles. The Bertz CT molecular complexity index is 457. The lowest BCUT2D eigenvalue weighted by atomic mass is 10.3. The number of esters is 1. The molecule has 0 aromatic carbocycles. The number of nitrogens with one attached hydrogen (secondary N) is 2. The van der Waals surface area contributed by atoms with Gasteiger partial charge in [-0.3, -0.25) is 4.79 Å². The highest BCUT2D eigenvalue weighted by atomic mass is 32.1. The van der Waals surface area contributed by atoms with Gasteiger partial charge in [0, 0.05) is 19.0 Å². The lowest BCUT2D eigenvalue weighted by Crippen LogP contribution is -2.27. The number of rotatable bonds is 7. The summed E-state index contributed by atoms with van der Waals surface area (Å²) >= 11 is 1.33. The highest BCUT2D eigenvalue weighted by molar-refractivity contribution is 7.14. The van der Waals surface area contributed by atoms with Gasteiger partial charge in [0.1, 0.15) is 5.00 Å². The van der Waals surface area contributed by atoms with Crippen LogP contribution in [0, 0.1) is 0 Å². The molecule has 0 saturated heterocycles. The average molecular weight is 283 g/mol.